The predicted octanol–water partition coefficient (Wildman–Crippen LogP) is 4.25. The third-order valence-corrected chi connectivity index (χ3v) is 5.36. The van der Waals surface area contributed by atoms with Crippen LogP contribution in [0, 0.1) is 11.3 Å². The maximum atomic E-state index is 9.88. The maximum absolute atomic E-state index is 9.88. The molecule has 0 atom stereocenters. The third kappa shape index (κ3) is 2.53. The molecule has 5 nitrogen and oxygen atoms in total. The number of imidazole rings is 1. The predicted molar refractivity (Wildman–Crippen MR) is 106 cm³/mol. The largest absolute Gasteiger partial charge is 0.367 e. The Balaban J connectivity index is 1.78. The van der Waals surface area contributed by atoms with Crippen LogP contribution in [0.3, 0.4) is 0 Å². The average Bonchev–Trinajstić information content (AvgIpc) is 3.11. The van der Waals surface area contributed by atoms with Crippen LogP contribution in [0.5, 0.6) is 0 Å². The highest BCUT2D eigenvalue weighted by Crippen LogP contribution is 2.35. The minimum atomic E-state index is 0.688. The molecule has 0 radical (unpaired) electrons. The number of nitriles is 1. The molecule has 0 saturated carbocycles. The molecule has 1 aliphatic rings. The third-order valence-electron chi connectivity index (χ3n) is 5.36. The molecule has 5 rings (SSSR count). The highest BCUT2D eigenvalue weighted by atomic mass is 15.1. The van der Waals surface area contributed by atoms with Gasteiger partial charge in [-0.15, -0.1) is 0 Å². The van der Waals surface area contributed by atoms with E-state index in [-0.39, 0.29) is 0 Å². The number of aromatic nitrogens is 3. The van der Waals surface area contributed by atoms with Crippen LogP contribution in [-0.4, -0.2) is 14.4 Å². The first-order valence-electron chi connectivity index (χ1n) is 9.34. The molecule has 4 aromatic rings. The fourth-order valence-corrected chi connectivity index (χ4v) is 4.12. The Kier molecular flexibility index (Phi) is 3.75. The Hall–Kier alpha value is -3.39. The Bertz CT molecular complexity index is 1180. The lowest BCUT2D eigenvalue weighted by Crippen LogP contribution is -2.15. The zero-order chi connectivity index (χ0) is 18.2. The number of nitrogens with zero attached hydrogens (tertiary/aromatic N) is 4. The van der Waals surface area contributed by atoms with E-state index in [1.165, 1.54) is 11.1 Å². The Labute approximate surface area is 157 Å². The molecule has 5 heteroatoms. The van der Waals surface area contributed by atoms with Crippen molar-refractivity contribution in [1.29, 1.82) is 5.26 Å². The summed E-state index contributed by atoms with van der Waals surface area (Å²) in [5.41, 5.74) is 6.99. The van der Waals surface area contributed by atoms with Gasteiger partial charge in [0.25, 0.3) is 0 Å². The summed E-state index contributed by atoms with van der Waals surface area (Å²) < 4.78 is 2.13. The normalized spacial score (nSPS) is 13.4. The molecule has 0 saturated heterocycles. The summed E-state index contributed by atoms with van der Waals surface area (Å²) in [6, 6.07) is 14.5. The van der Waals surface area contributed by atoms with Crippen molar-refractivity contribution in [1.82, 2.24) is 14.4 Å². The fraction of sp³-hybridized carbons (Fsp3) is 0.227. The van der Waals surface area contributed by atoms with Gasteiger partial charge in [-0.05, 0) is 60.6 Å². The minimum Gasteiger partial charge on any atom is -0.367 e. The summed E-state index contributed by atoms with van der Waals surface area (Å²) in [4.78, 5) is 9.01. The van der Waals surface area contributed by atoms with Crippen molar-refractivity contribution >= 4 is 22.5 Å². The molecule has 1 N–H and O–H groups in total. The van der Waals surface area contributed by atoms with Gasteiger partial charge in [0, 0.05) is 18.9 Å². The molecular weight excluding hydrogens is 334 g/mol. The van der Waals surface area contributed by atoms with E-state index >= 15 is 0 Å². The van der Waals surface area contributed by atoms with E-state index in [0.29, 0.717) is 6.54 Å². The second-order valence-electron chi connectivity index (χ2n) is 6.97. The number of pyridine rings is 2. The monoisotopic (exact) mass is 353 g/mol. The topological polar surface area (TPSA) is 66.0 Å². The van der Waals surface area contributed by atoms with Crippen molar-refractivity contribution < 1.29 is 0 Å². The summed E-state index contributed by atoms with van der Waals surface area (Å²) in [6.45, 7) is 0.688. The van der Waals surface area contributed by atoms with Gasteiger partial charge in [-0.1, -0.05) is 18.2 Å². The molecule has 0 aliphatic heterocycles. The van der Waals surface area contributed by atoms with Crippen LogP contribution in [0.25, 0.3) is 16.7 Å². The van der Waals surface area contributed by atoms with Crippen LogP contribution in [-0.2, 0) is 19.4 Å². The van der Waals surface area contributed by atoms with E-state index in [9.17, 15) is 5.26 Å². The van der Waals surface area contributed by atoms with Crippen LogP contribution in [0.2, 0.25) is 0 Å². The summed E-state index contributed by atoms with van der Waals surface area (Å²) in [7, 11) is 0. The van der Waals surface area contributed by atoms with E-state index in [4.69, 9.17) is 4.98 Å². The molecule has 0 amide bonds. The average molecular weight is 353 g/mol. The number of hydrogen-bond acceptors (Lipinski definition) is 4. The zero-order valence-electron chi connectivity index (χ0n) is 14.9. The molecule has 132 valence electrons. The number of anilines is 1. The van der Waals surface area contributed by atoms with Crippen molar-refractivity contribution in [3.63, 3.8) is 0 Å². The summed E-state index contributed by atoms with van der Waals surface area (Å²) in [6.07, 6.45) is 7.88. The van der Waals surface area contributed by atoms with E-state index in [1.807, 2.05) is 30.5 Å². The molecule has 0 fully saturated rings. The van der Waals surface area contributed by atoms with Gasteiger partial charge in [0.2, 0.25) is 0 Å². The van der Waals surface area contributed by atoms with Gasteiger partial charge in [-0.2, -0.15) is 5.26 Å². The van der Waals surface area contributed by atoms with Crippen molar-refractivity contribution in [2.45, 2.75) is 32.2 Å². The first kappa shape index (κ1) is 15.8. The molecule has 3 aromatic heterocycles. The quantitative estimate of drug-likeness (QED) is 0.598. The number of nitrogens with one attached hydrogen (secondary N) is 1. The van der Waals surface area contributed by atoms with Crippen LogP contribution in [0.1, 0.15) is 35.1 Å². The molecule has 0 spiro atoms. The smallest absolute Gasteiger partial charge is 0.157 e. The lowest BCUT2D eigenvalue weighted by atomic mass is 9.89. The minimum absolute atomic E-state index is 0.688. The number of hydrogen-bond donors (Lipinski definition) is 1. The van der Waals surface area contributed by atoms with Crippen LogP contribution < -0.4 is 5.32 Å². The van der Waals surface area contributed by atoms with Gasteiger partial charge in [-0.3, -0.25) is 9.38 Å². The van der Waals surface area contributed by atoms with Crippen molar-refractivity contribution in [3.8, 4) is 6.07 Å². The van der Waals surface area contributed by atoms with Gasteiger partial charge in [0.15, 0.2) is 5.65 Å². The van der Waals surface area contributed by atoms with E-state index in [2.05, 4.69) is 32.9 Å². The highest BCUT2D eigenvalue weighted by molar-refractivity contribution is 5.86. The van der Waals surface area contributed by atoms with Gasteiger partial charge in [0.05, 0.1) is 16.6 Å². The fourth-order valence-electron chi connectivity index (χ4n) is 4.12. The molecule has 0 bridgehead atoms. The maximum Gasteiger partial charge on any atom is 0.157 e. The second kappa shape index (κ2) is 6.40. The molecule has 0 unspecified atom stereocenters. The van der Waals surface area contributed by atoms with Gasteiger partial charge < -0.3 is 5.32 Å². The van der Waals surface area contributed by atoms with E-state index in [1.54, 1.807) is 6.20 Å². The molecular formula is C22H19N5. The van der Waals surface area contributed by atoms with Crippen LogP contribution in [0.4, 0.5) is 5.82 Å². The SMILES string of the molecule is N#Cc1c2c(c(NCc3cccnc3)n3c1nc1ccccc13)CCCC2. The second-order valence-corrected chi connectivity index (χ2v) is 6.97. The number of para-hydroxylation sites is 2. The van der Waals surface area contributed by atoms with Gasteiger partial charge >= 0.3 is 0 Å². The lowest BCUT2D eigenvalue weighted by Gasteiger charge is -2.23. The molecule has 1 aliphatic carbocycles. The van der Waals surface area contributed by atoms with Crippen LogP contribution >= 0.6 is 0 Å². The first-order valence-corrected chi connectivity index (χ1v) is 9.34. The van der Waals surface area contributed by atoms with Crippen LogP contribution in [0.15, 0.2) is 48.8 Å². The summed E-state index contributed by atoms with van der Waals surface area (Å²) in [5.74, 6) is 1.07. The first-order chi connectivity index (χ1) is 13.4. The zero-order valence-corrected chi connectivity index (χ0v) is 14.9. The Morgan fingerprint density at radius 3 is 2.74 bits per heavy atom. The number of fused-ring (bicyclic) bond motifs is 4. The van der Waals surface area contributed by atoms with Crippen molar-refractivity contribution in [3.05, 3.63) is 71.0 Å². The van der Waals surface area contributed by atoms with E-state index < -0.39 is 0 Å². The number of rotatable bonds is 3. The Morgan fingerprint density at radius 2 is 1.93 bits per heavy atom. The molecule has 1 aromatic carbocycles. The molecule has 27 heavy (non-hydrogen) atoms. The number of benzene rings is 1. The van der Waals surface area contributed by atoms with Gasteiger partial charge in [-0.25, -0.2) is 4.98 Å². The summed E-state index contributed by atoms with van der Waals surface area (Å²) >= 11 is 0. The molecule has 3 heterocycles. The van der Waals surface area contributed by atoms with E-state index in [0.717, 1.165) is 59.3 Å². The van der Waals surface area contributed by atoms with Crippen molar-refractivity contribution in [2.75, 3.05) is 5.32 Å². The standard InChI is InChI=1S/C22H19N5/c23-12-18-16-7-1-2-8-17(16)21(25-14-15-6-5-11-24-13-15)27-20-10-4-3-9-19(20)26-22(18)27/h3-6,9-11,13,25H,1-2,7-8,14H2. The van der Waals surface area contributed by atoms with Gasteiger partial charge in [0.1, 0.15) is 11.9 Å². The van der Waals surface area contributed by atoms with Crippen molar-refractivity contribution in [2.24, 2.45) is 0 Å². The highest BCUT2D eigenvalue weighted by Gasteiger charge is 2.24. The summed E-state index contributed by atoms with van der Waals surface area (Å²) in [5, 5.41) is 13.5. The Morgan fingerprint density at radius 1 is 1.07 bits per heavy atom. The lowest BCUT2D eigenvalue weighted by molar-refractivity contribution is 0.681.